The van der Waals surface area contributed by atoms with Crippen LogP contribution in [-0.4, -0.2) is 58.8 Å². The van der Waals surface area contributed by atoms with Gasteiger partial charge in [-0.05, 0) is 79.5 Å². The zero-order chi connectivity index (χ0) is 35.8. The molecule has 0 bridgehead atoms. The standard InChI is InChI=1S/C40H46N2O8S/c1-3-22-48-40-37(51-31-15-5-4-6-16-31)26-35(41-47-2)33-23-27(12-7-9-20-43)32(17-8-10-21-44)38(39(33)40)34-25-30(18-19-36(34)50-40)49-29-14-11-13-28(24-29)42(45)46/h3-6,11,13-16,18-19,23-25,27,32,37-39,43-44H,1,7-10,12,17,20-22,26H2,2H3/t27-,32+,37-,38+,39+,40+/m0/s1. The zero-order valence-electron chi connectivity index (χ0n) is 28.9. The van der Waals surface area contributed by atoms with Gasteiger partial charge in [0, 0.05) is 42.1 Å². The van der Waals surface area contributed by atoms with Gasteiger partial charge in [0.2, 0.25) is 5.79 Å². The molecule has 10 nitrogen and oxygen atoms in total. The maximum absolute atomic E-state index is 11.5. The molecule has 0 aromatic heterocycles. The lowest BCUT2D eigenvalue weighted by molar-refractivity contribution is -0.384. The summed E-state index contributed by atoms with van der Waals surface area (Å²) in [6.07, 6.45) is 9.48. The van der Waals surface area contributed by atoms with Gasteiger partial charge in [0.25, 0.3) is 5.69 Å². The highest BCUT2D eigenvalue weighted by Gasteiger charge is 2.64. The molecule has 2 aliphatic carbocycles. The number of oxime groups is 1. The van der Waals surface area contributed by atoms with Gasteiger partial charge in [0.1, 0.15) is 24.4 Å². The number of unbranched alkanes of at least 4 members (excludes halogenated alkanes) is 2. The molecular weight excluding hydrogens is 669 g/mol. The van der Waals surface area contributed by atoms with Crippen molar-refractivity contribution in [3.63, 3.8) is 0 Å². The van der Waals surface area contributed by atoms with Crippen molar-refractivity contribution in [3.05, 3.63) is 113 Å². The lowest BCUT2D eigenvalue weighted by Gasteiger charge is -2.58. The van der Waals surface area contributed by atoms with Crippen LogP contribution >= 0.6 is 11.8 Å². The number of nitro groups is 1. The molecule has 3 aromatic rings. The summed E-state index contributed by atoms with van der Waals surface area (Å²) in [4.78, 5) is 17.6. The molecule has 1 heterocycles. The van der Waals surface area contributed by atoms with Crippen LogP contribution in [0.5, 0.6) is 17.2 Å². The Balaban J connectivity index is 1.54. The van der Waals surface area contributed by atoms with Crippen molar-refractivity contribution in [2.24, 2.45) is 22.9 Å². The highest BCUT2D eigenvalue weighted by molar-refractivity contribution is 8.00. The van der Waals surface area contributed by atoms with Crippen LogP contribution in [0, 0.1) is 27.9 Å². The summed E-state index contributed by atoms with van der Waals surface area (Å²) in [5, 5.41) is 35.4. The monoisotopic (exact) mass is 714 g/mol. The summed E-state index contributed by atoms with van der Waals surface area (Å²) < 4.78 is 20.4. The Bertz CT molecular complexity index is 1730. The van der Waals surface area contributed by atoms with E-state index in [2.05, 4.69) is 29.9 Å². The Morgan fingerprint density at radius 3 is 2.51 bits per heavy atom. The van der Waals surface area contributed by atoms with E-state index in [0.29, 0.717) is 36.5 Å². The van der Waals surface area contributed by atoms with Crippen molar-refractivity contribution in [3.8, 4) is 17.2 Å². The maximum Gasteiger partial charge on any atom is 0.273 e. The minimum absolute atomic E-state index is 0.0520. The number of hydrogen-bond donors (Lipinski definition) is 2. The number of aliphatic hydroxyl groups is 2. The molecule has 1 saturated carbocycles. The van der Waals surface area contributed by atoms with Crippen LogP contribution in [0.4, 0.5) is 5.69 Å². The first kappa shape index (κ1) is 36.6. The molecule has 0 spiro atoms. The molecule has 2 N–H and O–H groups in total. The molecular formula is C40H46N2O8S. The van der Waals surface area contributed by atoms with Gasteiger partial charge in [0.05, 0.1) is 34.5 Å². The number of rotatable bonds is 17. The van der Waals surface area contributed by atoms with Crippen molar-refractivity contribution < 1.29 is 34.2 Å². The molecule has 11 heteroatoms. The average Bonchev–Trinajstić information content (AvgIpc) is 3.14. The third kappa shape index (κ3) is 7.86. The summed E-state index contributed by atoms with van der Waals surface area (Å²) in [5.41, 5.74) is 2.81. The third-order valence-electron chi connectivity index (χ3n) is 10.1. The molecule has 3 aliphatic rings. The van der Waals surface area contributed by atoms with Crippen LogP contribution in [0.2, 0.25) is 0 Å². The minimum Gasteiger partial charge on any atom is -0.460 e. The second-order valence-electron chi connectivity index (χ2n) is 13.2. The predicted octanol–water partition coefficient (Wildman–Crippen LogP) is 8.44. The van der Waals surface area contributed by atoms with Crippen LogP contribution in [-0.2, 0) is 9.57 Å². The Labute approximate surface area is 303 Å². The highest BCUT2D eigenvalue weighted by atomic mass is 32.2. The Morgan fingerprint density at radius 2 is 1.78 bits per heavy atom. The number of thioether (sulfide) groups is 1. The van der Waals surface area contributed by atoms with Crippen LogP contribution in [0.25, 0.3) is 0 Å². The first-order valence-corrected chi connectivity index (χ1v) is 18.6. The van der Waals surface area contributed by atoms with Gasteiger partial charge in [-0.1, -0.05) is 54.4 Å². The van der Waals surface area contributed by atoms with Crippen LogP contribution in [0.1, 0.15) is 56.4 Å². The van der Waals surface area contributed by atoms with E-state index >= 15 is 0 Å². The molecule has 6 atom stereocenters. The first-order valence-electron chi connectivity index (χ1n) is 17.7. The lowest BCUT2D eigenvalue weighted by Crippen LogP contribution is -2.64. The zero-order valence-corrected chi connectivity index (χ0v) is 29.7. The second-order valence-corrected chi connectivity index (χ2v) is 14.5. The molecule has 3 aromatic carbocycles. The fraction of sp³-hybridized carbons (Fsp3) is 0.425. The van der Waals surface area contributed by atoms with E-state index < -0.39 is 10.7 Å². The highest BCUT2D eigenvalue weighted by Crippen LogP contribution is 2.63. The van der Waals surface area contributed by atoms with Gasteiger partial charge in [-0.2, -0.15) is 0 Å². The molecule has 0 radical (unpaired) electrons. The number of non-ortho nitro benzene ring substituents is 1. The quantitative estimate of drug-likeness (QED) is 0.0612. The fourth-order valence-corrected chi connectivity index (χ4v) is 9.37. The number of aliphatic hydroxyl groups excluding tert-OH is 2. The van der Waals surface area contributed by atoms with E-state index in [9.17, 15) is 20.3 Å². The van der Waals surface area contributed by atoms with Crippen molar-refractivity contribution >= 4 is 23.2 Å². The van der Waals surface area contributed by atoms with Crippen LogP contribution in [0.15, 0.2) is 107 Å². The maximum atomic E-state index is 11.5. The normalized spacial score (nSPS) is 25.6. The van der Waals surface area contributed by atoms with Gasteiger partial charge in [0.15, 0.2) is 0 Å². The molecule has 1 aliphatic heterocycles. The Hall–Kier alpha value is -4.16. The van der Waals surface area contributed by atoms with Crippen molar-refractivity contribution in [1.82, 2.24) is 0 Å². The minimum atomic E-state index is -1.10. The molecule has 270 valence electrons. The second kappa shape index (κ2) is 16.9. The molecule has 0 amide bonds. The van der Waals surface area contributed by atoms with E-state index in [1.807, 2.05) is 36.4 Å². The summed E-state index contributed by atoms with van der Waals surface area (Å²) in [5.74, 6) is 0.393. The van der Waals surface area contributed by atoms with E-state index in [0.717, 1.165) is 47.4 Å². The summed E-state index contributed by atoms with van der Waals surface area (Å²) in [6.45, 7) is 4.51. The third-order valence-corrected chi connectivity index (χ3v) is 11.4. The number of ether oxygens (including phenoxy) is 3. The van der Waals surface area contributed by atoms with E-state index in [-0.39, 0.29) is 54.4 Å². The summed E-state index contributed by atoms with van der Waals surface area (Å²) in [7, 11) is 1.57. The molecule has 0 unspecified atom stereocenters. The van der Waals surface area contributed by atoms with Gasteiger partial charge in [-0.3, -0.25) is 10.1 Å². The van der Waals surface area contributed by atoms with E-state index in [4.69, 9.17) is 19.0 Å². The van der Waals surface area contributed by atoms with E-state index in [1.165, 1.54) is 12.1 Å². The number of allylic oxidation sites excluding steroid dienone is 1. The molecule has 1 fully saturated rings. The SMILES string of the molecule is C=CCO[C@@]12Oc3ccc(Oc4cccc([N+](=O)[O-])c4)cc3[C@H]3[C@H](CCCCO)[C@@H](CCCCO)C=C(C(=NOC)C[C@@H]1Sc1ccccc1)[C@H]32. The van der Waals surface area contributed by atoms with E-state index in [1.54, 1.807) is 37.1 Å². The summed E-state index contributed by atoms with van der Waals surface area (Å²) >= 11 is 1.70. The number of benzene rings is 3. The molecule has 6 rings (SSSR count). The molecule has 0 saturated heterocycles. The van der Waals surface area contributed by atoms with Crippen molar-refractivity contribution in [2.75, 3.05) is 26.9 Å². The molecule has 51 heavy (non-hydrogen) atoms. The van der Waals surface area contributed by atoms with Gasteiger partial charge >= 0.3 is 0 Å². The smallest absolute Gasteiger partial charge is 0.273 e. The van der Waals surface area contributed by atoms with Gasteiger partial charge < -0.3 is 29.3 Å². The number of nitrogens with zero attached hydrogens (tertiary/aromatic N) is 2. The predicted molar refractivity (Wildman–Crippen MR) is 197 cm³/mol. The Kier molecular flexibility index (Phi) is 12.1. The number of fused-ring (bicyclic) bond motifs is 2. The first-order chi connectivity index (χ1) is 24.9. The number of nitro benzene ring substituents is 1. The van der Waals surface area contributed by atoms with Crippen LogP contribution < -0.4 is 9.47 Å². The van der Waals surface area contributed by atoms with Crippen molar-refractivity contribution in [2.45, 2.75) is 66.8 Å². The largest absolute Gasteiger partial charge is 0.460 e. The lowest BCUT2D eigenvalue weighted by atomic mass is 9.56. The van der Waals surface area contributed by atoms with Crippen molar-refractivity contribution in [1.29, 1.82) is 0 Å². The number of hydrogen-bond acceptors (Lipinski definition) is 10. The average molecular weight is 715 g/mol. The topological polar surface area (TPSA) is 133 Å². The van der Waals surface area contributed by atoms with Gasteiger partial charge in [-0.25, -0.2) is 0 Å². The Morgan fingerprint density at radius 1 is 1.02 bits per heavy atom. The fourth-order valence-electron chi connectivity index (χ4n) is 8.06. The van der Waals surface area contributed by atoms with Crippen LogP contribution in [0.3, 0.4) is 0 Å². The summed E-state index contributed by atoms with van der Waals surface area (Å²) in [6, 6.07) is 22.1. The van der Waals surface area contributed by atoms with Gasteiger partial charge in [-0.15, -0.1) is 18.3 Å².